The van der Waals surface area contributed by atoms with Gasteiger partial charge in [0.25, 0.3) is 5.91 Å². The van der Waals surface area contributed by atoms with Crippen LogP contribution in [0.25, 0.3) is 10.7 Å². The van der Waals surface area contributed by atoms with Gasteiger partial charge in [0.2, 0.25) is 10.0 Å². The first-order valence-corrected chi connectivity index (χ1v) is 13.8. The van der Waals surface area contributed by atoms with Gasteiger partial charge in [-0.3, -0.25) is 4.79 Å². The number of aryl methyl sites for hydroxylation is 1. The molecule has 0 bridgehead atoms. The second-order valence-electron chi connectivity index (χ2n) is 9.41. The van der Waals surface area contributed by atoms with Crippen LogP contribution in [0.2, 0.25) is 0 Å². The average molecular weight is 479 g/mol. The molecule has 4 heterocycles. The predicted octanol–water partition coefficient (Wildman–Crippen LogP) is 4.20. The number of aromatic nitrogens is 2. The number of carbonyl (C=O) groups is 1. The Labute approximate surface area is 195 Å². The van der Waals surface area contributed by atoms with Gasteiger partial charge in [0, 0.05) is 38.4 Å². The van der Waals surface area contributed by atoms with Crippen LogP contribution in [0, 0.1) is 19.8 Å². The minimum atomic E-state index is -3.58. The van der Waals surface area contributed by atoms with Crippen molar-refractivity contribution in [3.05, 3.63) is 22.3 Å². The quantitative estimate of drug-likeness (QED) is 0.660. The van der Waals surface area contributed by atoms with Crippen LogP contribution in [0.4, 0.5) is 0 Å². The summed E-state index contributed by atoms with van der Waals surface area (Å²) in [5, 5.41) is 0.690. The molecule has 9 heteroatoms. The van der Waals surface area contributed by atoms with E-state index in [4.69, 9.17) is 0 Å². The Morgan fingerprint density at radius 2 is 1.78 bits per heavy atom. The highest BCUT2D eigenvalue weighted by atomic mass is 32.2. The molecule has 4 rings (SSSR count). The van der Waals surface area contributed by atoms with Crippen LogP contribution in [0.15, 0.2) is 11.0 Å². The molecule has 0 N–H and O–H groups in total. The first-order valence-electron chi connectivity index (χ1n) is 11.6. The summed E-state index contributed by atoms with van der Waals surface area (Å²) >= 11 is 1.37. The molecule has 0 spiro atoms. The maximum atomic E-state index is 13.5. The minimum Gasteiger partial charge on any atom is -0.345 e. The summed E-state index contributed by atoms with van der Waals surface area (Å²) in [5.41, 5.74) is 2.15. The van der Waals surface area contributed by atoms with Gasteiger partial charge >= 0.3 is 0 Å². The van der Waals surface area contributed by atoms with Gasteiger partial charge in [-0.1, -0.05) is 13.3 Å². The molecule has 0 radical (unpaired) electrons. The van der Waals surface area contributed by atoms with E-state index in [0.717, 1.165) is 50.9 Å². The van der Waals surface area contributed by atoms with E-state index in [-0.39, 0.29) is 11.9 Å². The number of piperidine rings is 2. The summed E-state index contributed by atoms with van der Waals surface area (Å²) in [5.74, 6) is 0.700. The molecule has 1 amide bonds. The van der Waals surface area contributed by atoms with Crippen LogP contribution < -0.4 is 0 Å². The van der Waals surface area contributed by atoms with Crippen molar-refractivity contribution in [1.82, 2.24) is 18.8 Å². The van der Waals surface area contributed by atoms with Crippen LogP contribution in [0.3, 0.4) is 0 Å². The Morgan fingerprint density at radius 1 is 1.09 bits per heavy atom. The number of amides is 1. The first kappa shape index (κ1) is 23.4. The summed E-state index contributed by atoms with van der Waals surface area (Å²) in [4.78, 5) is 20.7. The highest BCUT2D eigenvalue weighted by Gasteiger charge is 2.34. The highest BCUT2D eigenvalue weighted by Crippen LogP contribution is 2.35. The maximum Gasteiger partial charge on any atom is 0.265 e. The molecule has 7 nitrogen and oxygen atoms in total. The molecular formula is C23H34N4O3S2. The smallest absolute Gasteiger partial charge is 0.265 e. The van der Waals surface area contributed by atoms with Gasteiger partial charge in [-0.15, -0.1) is 11.3 Å². The lowest BCUT2D eigenvalue weighted by atomic mass is 9.99. The standard InChI is InChI=1S/C23H34N4O3S2/c1-15-9-12-26(13-10-15)23(28)21-17(3)24-22(31-21)19-14-20(18(4)25(19)5)32(29,30)27-11-7-6-8-16(27)2/h14-16H,6-13H2,1-5H3. The minimum absolute atomic E-state index is 0.00963. The van der Waals surface area contributed by atoms with E-state index in [1.54, 1.807) is 10.4 Å². The maximum absolute atomic E-state index is 13.5. The van der Waals surface area contributed by atoms with Crippen LogP contribution >= 0.6 is 11.3 Å². The SMILES string of the molecule is Cc1nc(-c2cc(S(=O)(=O)N3CCCCC3C)c(C)n2C)sc1C(=O)N1CCC(C)CC1. The van der Waals surface area contributed by atoms with Crippen molar-refractivity contribution in [2.75, 3.05) is 19.6 Å². The number of hydrogen-bond donors (Lipinski definition) is 0. The Hall–Kier alpha value is -1.71. The van der Waals surface area contributed by atoms with Crippen molar-refractivity contribution in [2.45, 2.75) is 70.7 Å². The molecule has 2 aromatic heterocycles. The van der Waals surface area contributed by atoms with Gasteiger partial charge in [0.1, 0.15) is 14.8 Å². The van der Waals surface area contributed by atoms with Crippen molar-refractivity contribution in [3.63, 3.8) is 0 Å². The third-order valence-electron chi connectivity index (χ3n) is 7.10. The van der Waals surface area contributed by atoms with Crippen molar-refractivity contribution >= 4 is 27.3 Å². The molecule has 0 saturated carbocycles. The molecule has 32 heavy (non-hydrogen) atoms. The summed E-state index contributed by atoms with van der Waals surface area (Å²) in [6.07, 6.45) is 4.92. The number of sulfonamides is 1. The number of thiazole rings is 1. The van der Waals surface area contributed by atoms with Crippen molar-refractivity contribution in [1.29, 1.82) is 0 Å². The van der Waals surface area contributed by atoms with Crippen molar-refractivity contribution in [3.8, 4) is 10.7 Å². The topological polar surface area (TPSA) is 75.5 Å². The normalized spacial score (nSPS) is 21.3. The molecule has 0 aromatic carbocycles. The van der Waals surface area contributed by atoms with E-state index >= 15 is 0 Å². The highest BCUT2D eigenvalue weighted by molar-refractivity contribution is 7.89. The summed E-state index contributed by atoms with van der Waals surface area (Å²) in [6, 6.07) is 1.75. The van der Waals surface area contributed by atoms with Crippen LogP contribution in [-0.4, -0.2) is 58.8 Å². The van der Waals surface area contributed by atoms with Gasteiger partial charge in [-0.05, 0) is 58.4 Å². The third-order valence-corrected chi connectivity index (χ3v) is 10.4. The molecule has 2 aliphatic heterocycles. The van der Waals surface area contributed by atoms with Gasteiger partial charge in [0.05, 0.1) is 11.4 Å². The fourth-order valence-electron chi connectivity index (χ4n) is 4.75. The molecule has 1 unspecified atom stereocenters. The van der Waals surface area contributed by atoms with Crippen molar-refractivity contribution < 1.29 is 13.2 Å². The molecule has 176 valence electrons. The first-order chi connectivity index (χ1) is 15.1. The van der Waals surface area contributed by atoms with Crippen LogP contribution in [-0.2, 0) is 17.1 Å². The molecule has 2 saturated heterocycles. The number of likely N-dealkylation sites (tertiary alicyclic amines) is 1. The number of carbonyl (C=O) groups excluding carboxylic acids is 1. The fraction of sp³-hybridized carbons (Fsp3) is 0.652. The number of nitrogens with zero attached hydrogens (tertiary/aromatic N) is 4. The molecule has 2 aliphatic rings. The number of hydrogen-bond acceptors (Lipinski definition) is 5. The lowest BCUT2D eigenvalue weighted by Gasteiger charge is -2.32. The second kappa shape index (κ2) is 8.91. The van der Waals surface area contributed by atoms with E-state index in [1.165, 1.54) is 11.3 Å². The molecule has 0 aliphatic carbocycles. The molecule has 2 aromatic rings. The fourth-order valence-corrected chi connectivity index (χ4v) is 7.81. The predicted molar refractivity (Wildman–Crippen MR) is 128 cm³/mol. The number of rotatable bonds is 4. The second-order valence-corrected chi connectivity index (χ2v) is 12.3. The summed E-state index contributed by atoms with van der Waals surface area (Å²) in [7, 11) is -1.71. The van der Waals surface area contributed by atoms with Gasteiger partial charge < -0.3 is 9.47 Å². The van der Waals surface area contributed by atoms with Gasteiger partial charge in [-0.25, -0.2) is 13.4 Å². The van der Waals surface area contributed by atoms with E-state index in [1.807, 2.05) is 37.3 Å². The zero-order valence-electron chi connectivity index (χ0n) is 19.7. The molecule has 2 fully saturated rings. The average Bonchev–Trinajstić information content (AvgIpc) is 3.28. The van der Waals surface area contributed by atoms with Crippen molar-refractivity contribution in [2.24, 2.45) is 13.0 Å². The van der Waals surface area contributed by atoms with E-state index in [2.05, 4.69) is 11.9 Å². The third kappa shape index (κ3) is 4.15. The van der Waals surface area contributed by atoms with E-state index < -0.39 is 10.0 Å². The lowest BCUT2D eigenvalue weighted by Crippen LogP contribution is -2.42. The monoisotopic (exact) mass is 478 g/mol. The lowest BCUT2D eigenvalue weighted by molar-refractivity contribution is 0.0701. The van der Waals surface area contributed by atoms with E-state index in [9.17, 15) is 13.2 Å². The van der Waals surface area contributed by atoms with Gasteiger partial charge in [0.15, 0.2) is 0 Å². The summed E-state index contributed by atoms with van der Waals surface area (Å²) < 4.78 is 30.5. The zero-order chi connectivity index (χ0) is 23.2. The van der Waals surface area contributed by atoms with E-state index in [0.29, 0.717) is 38.6 Å². The zero-order valence-corrected chi connectivity index (χ0v) is 21.4. The van der Waals surface area contributed by atoms with Gasteiger partial charge in [-0.2, -0.15) is 4.31 Å². The Bertz CT molecular complexity index is 1110. The molecule has 1 atom stereocenters. The van der Waals surface area contributed by atoms with Crippen LogP contribution in [0.5, 0.6) is 0 Å². The summed E-state index contributed by atoms with van der Waals surface area (Å²) in [6.45, 7) is 10.1. The Morgan fingerprint density at radius 3 is 2.44 bits per heavy atom. The largest absolute Gasteiger partial charge is 0.345 e. The van der Waals surface area contributed by atoms with Crippen LogP contribution in [0.1, 0.15) is 67.0 Å². The Balaban J connectivity index is 1.66. The Kier molecular flexibility index (Phi) is 6.53. The molecular weight excluding hydrogens is 444 g/mol.